The van der Waals surface area contributed by atoms with Gasteiger partial charge in [-0.25, -0.2) is 4.39 Å². The van der Waals surface area contributed by atoms with Crippen LogP contribution in [0.5, 0.6) is 0 Å². The summed E-state index contributed by atoms with van der Waals surface area (Å²) in [7, 11) is 0. The standard InChI is InChI=1S/C16H23FN4.HI/c1-3-8-19-16(18-4-2)20-9-7-12-11-21-15-6-5-13(17)10-14(12)15;/h5-6,10-11,21H,3-4,7-9H2,1-2H3,(H2,18,19,20);1H. The van der Waals surface area contributed by atoms with Crippen molar-refractivity contribution in [1.82, 2.24) is 15.6 Å². The average Bonchev–Trinajstić information content (AvgIpc) is 2.87. The van der Waals surface area contributed by atoms with E-state index in [4.69, 9.17) is 0 Å². The molecule has 0 saturated carbocycles. The molecule has 0 atom stereocenters. The van der Waals surface area contributed by atoms with Crippen LogP contribution in [0.1, 0.15) is 25.8 Å². The van der Waals surface area contributed by atoms with E-state index in [-0.39, 0.29) is 29.8 Å². The van der Waals surface area contributed by atoms with Gasteiger partial charge in [0.1, 0.15) is 5.82 Å². The van der Waals surface area contributed by atoms with Gasteiger partial charge < -0.3 is 15.6 Å². The average molecular weight is 418 g/mol. The number of aromatic amines is 1. The number of nitrogens with zero attached hydrogens (tertiary/aromatic N) is 1. The molecule has 0 spiro atoms. The van der Waals surface area contributed by atoms with Gasteiger partial charge in [-0.15, -0.1) is 24.0 Å². The predicted molar refractivity (Wildman–Crippen MR) is 102 cm³/mol. The molecule has 1 heterocycles. The number of nitrogens with one attached hydrogen (secondary N) is 3. The Bertz CT molecular complexity index is 609. The molecule has 0 radical (unpaired) electrons. The van der Waals surface area contributed by atoms with E-state index in [9.17, 15) is 4.39 Å². The van der Waals surface area contributed by atoms with Crippen molar-refractivity contribution in [3.63, 3.8) is 0 Å². The van der Waals surface area contributed by atoms with E-state index >= 15 is 0 Å². The smallest absolute Gasteiger partial charge is 0.191 e. The van der Waals surface area contributed by atoms with Crippen molar-refractivity contribution in [1.29, 1.82) is 0 Å². The van der Waals surface area contributed by atoms with Gasteiger partial charge in [-0.2, -0.15) is 0 Å². The third kappa shape index (κ3) is 5.15. The second-order valence-corrected chi connectivity index (χ2v) is 4.94. The molecule has 0 bridgehead atoms. The van der Waals surface area contributed by atoms with E-state index in [0.29, 0.717) is 0 Å². The van der Waals surface area contributed by atoms with Gasteiger partial charge >= 0.3 is 0 Å². The number of rotatable bonds is 6. The van der Waals surface area contributed by atoms with E-state index in [1.807, 2.05) is 13.1 Å². The number of hydrogen-bond donors (Lipinski definition) is 3. The lowest BCUT2D eigenvalue weighted by Crippen LogP contribution is -2.38. The highest BCUT2D eigenvalue weighted by atomic mass is 127. The summed E-state index contributed by atoms with van der Waals surface area (Å²) >= 11 is 0. The van der Waals surface area contributed by atoms with Gasteiger partial charge in [-0.05, 0) is 43.5 Å². The molecule has 0 unspecified atom stereocenters. The van der Waals surface area contributed by atoms with E-state index in [0.717, 1.165) is 54.9 Å². The first-order valence-electron chi connectivity index (χ1n) is 7.52. The number of H-pyrrole nitrogens is 1. The Morgan fingerprint density at radius 1 is 1.27 bits per heavy atom. The monoisotopic (exact) mass is 418 g/mol. The number of aliphatic imine (C=N–C) groups is 1. The first kappa shape index (κ1) is 18.7. The third-order valence-electron chi connectivity index (χ3n) is 3.25. The van der Waals surface area contributed by atoms with Gasteiger partial charge in [0, 0.05) is 36.7 Å². The molecule has 3 N–H and O–H groups in total. The minimum atomic E-state index is -0.200. The molecule has 122 valence electrons. The number of fused-ring (bicyclic) bond motifs is 1. The number of halogens is 2. The topological polar surface area (TPSA) is 52.2 Å². The summed E-state index contributed by atoms with van der Waals surface area (Å²) in [5.41, 5.74) is 2.08. The van der Waals surface area contributed by atoms with Gasteiger partial charge in [0.15, 0.2) is 5.96 Å². The Balaban J connectivity index is 0.00000242. The lowest BCUT2D eigenvalue weighted by Gasteiger charge is -2.10. The molecule has 22 heavy (non-hydrogen) atoms. The van der Waals surface area contributed by atoms with Crippen LogP contribution in [0, 0.1) is 5.82 Å². The van der Waals surface area contributed by atoms with Crippen LogP contribution < -0.4 is 10.6 Å². The Hall–Kier alpha value is -1.31. The van der Waals surface area contributed by atoms with Crippen LogP contribution in [0.15, 0.2) is 29.4 Å². The molecule has 4 nitrogen and oxygen atoms in total. The van der Waals surface area contributed by atoms with Crippen molar-refractivity contribution in [2.24, 2.45) is 4.99 Å². The lowest BCUT2D eigenvalue weighted by atomic mass is 10.1. The number of benzene rings is 1. The maximum absolute atomic E-state index is 13.3. The van der Waals surface area contributed by atoms with Crippen molar-refractivity contribution in [3.05, 3.63) is 35.8 Å². The minimum absolute atomic E-state index is 0. The molecule has 1 aromatic heterocycles. The van der Waals surface area contributed by atoms with Crippen LogP contribution >= 0.6 is 24.0 Å². The van der Waals surface area contributed by atoms with Crippen molar-refractivity contribution in [3.8, 4) is 0 Å². The Morgan fingerprint density at radius 2 is 2.09 bits per heavy atom. The number of guanidine groups is 1. The van der Waals surface area contributed by atoms with Crippen LogP contribution in [0.3, 0.4) is 0 Å². The van der Waals surface area contributed by atoms with Crippen LogP contribution in [0.25, 0.3) is 10.9 Å². The second kappa shape index (κ2) is 9.66. The molecular weight excluding hydrogens is 394 g/mol. The number of hydrogen-bond acceptors (Lipinski definition) is 1. The molecule has 2 rings (SSSR count). The predicted octanol–water partition coefficient (Wildman–Crippen LogP) is 3.43. The zero-order chi connectivity index (χ0) is 15.1. The Kier molecular flexibility index (Phi) is 8.22. The fourth-order valence-electron chi connectivity index (χ4n) is 2.24. The van der Waals surface area contributed by atoms with Crippen molar-refractivity contribution < 1.29 is 4.39 Å². The molecule has 1 aromatic carbocycles. The third-order valence-corrected chi connectivity index (χ3v) is 3.25. The van der Waals surface area contributed by atoms with Gasteiger partial charge in [-0.1, -0.05) is 6.92 Å². The summed E-state index contributed by atoms with van der Waals surface area (Å²) in [6.07, 6.45) is 3.79. The zero-order valence-corrected chi connectivity index (χ0v) is 15.4. The van der Waals surface area contributed by atoms with Gasteiger partial charge in [0.25, 0.3) is 0 Å². The minimum Gasteiger partial charge on any atom is -0.361 e. The summed E-state index contributed by atoms with van der Waals surface area (Å²) in [4.78, 5) is 7.63. The molecule has 0 aliphatic heterocycles. The van der Waals surface area contributed by atoms with Gasteiger partial charge in [-0.3, -0.25) is 4.99 Å². The van der Waals surface area contributed by atoms with Crippen LogP contribution in [0.4, 0.5) is 4.39 Å². The summed E-state index contributed by atoms with van der Waals surface area (Å²) in [5.74, 6) is 0.638. The summed E-state index contributed by atoms with van der Waals surface area (Å²) in [6, 6.07) is 4.83. The highest BCUT2D eigenvalue weighted by Gasteiger charge is 2.05. The van der Waals surface area contributed by atoms with E-state index in [1.165, 1.54) is 6.07 Å². The van der Waals surface area contributed by atoms with Crippen LogP contribution in [0.2, 0.25) is 0 Å². The maximum atomic E-state index is 13.3. The van der Waals surface area contributed by atoms with Crippen molar-refractivity contribution in [2.75, 3.05) is 19.6 Å². The molecule has 2 aromatic rings. The SMILES string of the molecule is CCCN=C(NCC)NCCc1c[nH]c2ccc(F)cc12.I. The van der Waals surface area contributed by atoms with Crippen LogP contribution in [-0.4, -0.2) is 30.6 Å². The lowest BCUT2D eigenvalue weighted by molar-refractivity contribution is 0.629. The molecule has 0 aliphatic carbocycles. The number of aromatic nitrogens is 1. The molecule has 0 fully saturated rings. The molecule has 6 heteroatoms. The highest BCUT2D eigenvalue weighted by molar-refractivity contribution is 14.0. The van der Waals surface area contributed by atoms with E-state index < -0.39 is 0 Å². The second-order valence-electron chi connectivity index (χ2n) is 4.94. The largest absolute Gasteiger partial charge is 0.361 e. The van der Waals surface area contributed by atoms with Gasteiger partial charge in [0.2, 0.25) is 0 Å². The normalized spacial score (nSPS) is 11.3. The van der Waals surface area contributed by atoms with E-state index in [2.05, 4.69) is 27.5 Å². The zero-order valence-electron chi connectivity index (χ0n) is 13.1. The highest BCUT2D eigenvalue weighted by Crippen LogP contribution is 2.19. The van der Waals surface area contributed by atoms with Crippen molar-refractivity contribution in [2.45, 2.75) is 26.7 Å². The molecular formula is C16H24FIN4. The summed E-state index contributed by atoms with van der Waals surface area (Å²) < 4.78 is 13.3. The first-order chi connectivity index (χ1) is 10.2. The fourth-order valence-corrected chi connectivity index (χ4v) is 2.24. The Labute approximate surface area is 148 Å². The summed E-state index contributed by atoms with van der Waals surface area (Å²) in [6.45, 7) is 6.57. The van der Waals surface area contributed by atoms with Crippen LogP contribution in [-0.2, 0) is 6.42 Å². The quantitative estimate of drug-likeness (QED) is 0.383. The molecule has 0 amide bonds. The first-order valence-corrected chi connectivity index (χ1v) is 7.52. The fraction of sp³-hybridized carbons (Fsp3) is 0.438. The summed E-state index contributed by atoms with van der Waals surface area (Å²) in [5, 5.41) is 7.47. The van der Waals surface area contributed by atoms with E-state index in [1.54, 1.807) is 12.1 Å². The maximum Gasteiger partial charge on any atom is 0.191 e. The molecule has 0 saturated heterocycles. The Morgan fingerprint density at radius 3 is 2.82 bits per heavy atom. The van der Waals surface area contributed by atoms with Gasteiger partial charge in [0.05, 0.1) is 0 Å². The molecule has 0 aliphatic rings. The van der Waals surface area contributed by atoms with Crippen molar-refractivity contribution >= 4 is 40.8 Å².